The third-order valence-corrected chi connectivity index (χ3v) is 7.61. The molecular formula is C21H19F2N3O3S2. The van der Waals surface area contributed by atoms with Crippen LogP contribution in [0.4, 0.5) is 14.5 Å². The van der Waals surface area contributed by atoms with E-state index in [0.717, 1.165) is 27.7 Å². The van der Waals surface area contributed by atoms with Crippen molar-refractivity contribution >= 4 is 33.0 Å². The number of carbonyl (C=O) groups is 1. The molecule has 0 radical (unpaired) electrons. The van der Waals surface area contributed by atoms with Gasteiger partial charge in [-0.3, -0.25) is 4.79 Å². The molecule has 0 aliphatic carbocycles. The smallest absolute Gasteiger partial charge is 0.243 e. The second kappa shape index (κ2) is 8.81. The third kappa shape index (κ3) is 4.65. The molecule has 1 aliphatic rings. The minimum atomic E-state index is -4.03. The number of rotatable bonds is 5. The average Bonchev–Trinajstić information content (AvgIpc) is 3.31. The van der Waals surface area contributed by atoms with Crippen LogP contribution in [0, 0.1) is 17.6 Å². The van der Waals surface area contributed by atoms with Crippen LogP contribution in [-0.2, 0) is 14.8 Å². The van der Waals surface area contributed by atoms with Crippen molar-refractivity contribution in [1.29, 1.82) is 0 Å². The highest BCUT2D eigenvalue weighted by atomic mass is 32.2. The number of hydrogen-bond donors (Lipinski definition) is 1. The van der Waals surface area contributed by atoms with Crippen molar-refractivity contribution in [2.45, 2.75) is 17.7 Å². The molecule has 1 atom stereocenters. The lowest BCUT2D eigenvalue weighted by atomic mass is 9.98. The van der Waals surface area contributed by atoms with E-state index < -0.39 is 27.6 Å². The molecule has 2 heterocycles. The van der Waals surface area contributed by atoms with Crippen molar-refractivity contribution in [1.82, 2.24) is 9.29 Å². The number of sulfonamides is 1. The summed E-state index contributed by atoms with van der Waals surface area (Å²) in [6.07, 6.45) is 1.02. The lowest BCUT2D eigenvalue weighted by Crippen LogP contribution is -2.43. The van der Waals surface area contributed by atoms with Crippen LogP contribution in [0.2, 0.25) is 0 Å². The molecule has 1 unspecified atom stereocenters. The van der Waals surface area contributed by atoms with Crippen LogP contribution in [0.1, 0.15) is 12.8 Å². The molecule has 1 saturated heterocycles. The van der Waals surface area contributed by atoms with Crippen molar-refractivity contribution in [3.63, 3.8) is 0 Å². The summed E-state index contributed by atoms with van der Waals surface area (Å²) in [7, 11) is -4.03. The molecule has 1 aromatic heterocycles. The van der Waals surface area contributed by atoms with E-state index >= 15 is 0 Å². The Balaban J connectivity index is 1.44. The van der Waals surface area contributed by atoms with Crippen molar-refractivity contribution in [3.8, 4) is 11.3 Å². The normalized spacial score (nSPS) is 17.4. The maximum atomic E-state index is 13.5. The Kier molecular flexibility index (Phi) is 6.12. The minimum absolute atomic E-state index is 0.0237. The average molecular weight is 464 g/mol. The van der Waals surface area contributed by atoms with Crippen LogP contribution < -0.4 is 5.32 Å². The Labute approximate surface area is 182 Å². The van der Waals surface area contributed by atoms with Gasteiger partial charge in [0.1, 0.15) is 0 Å². The predicted molar refractivity (Wildman–Crippen MR) is 114 cm³/mol. The zero-order valence-corrected chi connectivity index (χ0v) is 17.9. The van der Waals surface area contributed by atoms with Crippen LogP contribution in [-0.4, -0.2) is 36.7 Å². The Hall–Kier alpha value is -2.69. The molecule has 1 fully saturated rings. The molecule has 10 heteroatoms. The molecule has 1 amide bonds. The van der Waals surface area contributed by atoms with E-state index in [1.54, 1.807) is 17.6 Å². The molecule has 1 N–H and O–H groups in total. The molecule has 6 nitrogen and oxygen atoms in total. The first-order valence-electron chi connectivity index (χ1n) is 9.59. The number of benzene rings is 2. The highest BCUT2D eigenvalue weighted by Gasteiger charge is 2.33. The van der Waals surface area contributed by atoms with Crippen molar-refractivity contribution < 1.29 is 22.0 Å². The van der Waals surface area contributed by atoms with Crippen molar-refractivity contribution in [3.05, 3.63) is 65.0 Å². The molecule has 2 aromatic carbocycles. The largest absolute Gasteiger partial charge is 0.326 e. The first-order chi connectivity index (χ1) is 14.8. The quantitative estimate of drug-likeness (QED) is 0.617. The summed E-state index contributed by atoms with van der Waals surface area (Å²) in [5.74, 6) is -3.18. The fourth-order valence-corrected chi connectivity index (χ4v) is 5.58. The van der Waals surface area contributed by atoms with E-state index in [1.807, 2.05) is 17.5 Å². The number of carbonyl (C=O) groups excluding carboxylic acids is 1. The van der Waals surface area contributed by atoms with Crippen LogP contribution in [0.25, 0.3) is 11.3 Å². The number of anilines is 1. The van der Waals surface area contributed by atoms with Gasteiger partial charge in [0.15, 0.2) is 11.6 Å². The number of hydrogen-bond acceptors (Lipinski definition) is 5. The molecule has 0 saturated carbocycles. The SMILES string of the molecule is O=C(Nc1ccc(-c2cscn2)cc1)C1CCCN(S(=O)(=O)c2ccc(F)c(F)c2)C1. The fraction of sp³-hybridized carbons (Fsp3) is 0.238. The Morgan fingerprint density at radius 3 is 2.58 bits per heavy atom. The molecule has 162 valence electrons. The number of piperidine rings is 1. The maximum absolute atomic E-state index is 13.5. The second-order valence-corrected chi connectivity index (χ2v) is 9.88. The third-order valence-electron chi connectivity index (χ3n) is 5.16. The van der Waals surface area contributed by atoms with Gasteiger partial charge in [0, 0.05) is 29.7 Å². The van der Waals surface area contributed by atoms with Gasteiger partial charge in [-0.25, -0.2) is 22.2 Å². The lowest BCUT2D eigenvalue weighted by molar-refractivity contribution is -0.120. The van der Waals surface area contributed by atoms with Gasteiger partial charge in [0.2, 0.25) is 15.9 Å². The Morgan fingerprint density at radius 1 is 1.13 bits per heavy atom. The molecule has 3 aromatic rings. The van der Waals surface area contributed by atoms with Gasteiger partial charge in [-0.15, -0.1) is 11.3 Å². The van der Waals surface area contributed by atoms with E-state index in [4.69, 9.17) is 0 Å². The van der Waals surface area contributed by atoms with Gasteiger partial charge in [-0.1, -0.05) is 12.1 Å². The number of amides is 1. The van der Waals surface area contributed by atoms with Gasteiger partial charge in [0.05, 0.1) is 22.0 Å². The Morgan fingerprint density at radius 2 is 1.90 bits per heavy atom. The standard InChI is InChI=1S/C21H19F2N3O3S2/c22-18-8-7-17(10-19(18)23)31(28,29)26-9-1-2-15(11-26)21(27)25-16-5-3-14(4-6-16)20-12-30-13-24-20/h3-8,10,12-13,15H,1-2,9,11H2,(H,25,27). The molecule has 31 heavy (non-hydrogen) atoms. The van der Waals surface area contributed by atoms with E-state index in [-0.39, 0.29) is 23.9 Å². The highest BCUT2D eigenvalue weighted by molar-refractivity contribution is 7.89. The van der Waals surface area contributed by atoms with E-state index in [1.165, 1.54) is 11.3 Å². The monoisotopic (exact) mass is 463 g/mol. The molecular weight excluding hydrogens is 444 g/mol. The van der Waals surface area contributed by atoms with Gasteiger partial charge in [-0.05, 0) is 43.2 Å². The van der Waals surface area contributed by atoms with Crippen LogP contribution in [0.5, 0.6) is 0 Å². The summed E-state index contributed by atoms with van der Waals surface area (Å²) < 4.78 is 53.5. The van der Waals surface area contributed by atoms with Crippen LogP contribution >= 0.6 is 11.3 Å². The van der Waals surface area contributed by atoms with Crippen molar-refractivity contribution in [2.24, 2.45) is 5.92 Å². The number of nitrogens with zero attached hydrogens (tertiary/aromatic N) is 2. The lowest BCUT2D eigenvalue weighted by Gasteiger charge is -2.31. The number of nitrogens with one attached hydrogen (secondary N) is 1. The summed E-state index contributed by atoms with van der Waals surface area (Å²) in [4.78, 5) is 16.6. The summed E-state index contributed by atoms with van der Waals surface area (Å²) >= 11 is 1.50. The number of thiazole rings is 1. The number of aromatic nitrogens is 1. The summed E-state index contributed by atoms with van der Waals surface area (Å²) in [5, 5.41) is 4.75. The summed E-state index contributed by atoms with van der Waals surface area (Å²) in [6.45, 7) is 0.192. The second-order valence-electron chi connectivity index (χ2n) is 7.22. The molecule has 4 rings (SSSR count). The van der Waals surface area contributed by atoms with E-state index in [2.05, 4.69) is 10.3 Å². The summed E-state index contributed by atoms with van der Waals surface area (Å²) in [5.41, 5.74) is 4.13. The summed E-state index contributed by atoms with van der Waals surface area (Å²) in [6, 6.07) is 9.72. The number of halogens is 2. The Bertz CT molecular complexity index is 1180. The predicted octanol–water partition coefficient (Wildman–Crippen LogP) is 4.13. The van der Waals surface area contributed by atoms with Crippen molar-refractivity contribution in [2.75, 3.05) is 18.4 Å². The van der Waals surface area contributed by atoms with Gasteiger partial charge in [-0.2, -0.15) is 4.31 Å². The van der Waals surface area contributed by atoms with E-state index in [9.17, 15) is 22.0 Å². The molecule has 0 spiro atoms. The topological polar surface area (TPSA) is 79.4 Å². The fourth-order valence-electron chi connectivity index (χ4n) is 3.48. The van der Waals surface area contributed by atoms with E-state index in [0.29, 0.717) is 24.6 Å². The first-order valence-corrected chi connectivity index (χ1v) is 12.0. The first kappa shape index (κ1) is 21.5. The zero-order chi connectivity index (χ0) is 22.0. The highest BCUT2D eigenvalue weighted by Crippen LogP contribution is 2.26. The molecule has 1 aliphatic heterocycles. The van der Waals surface area contributed by atoms with Gasteiger partial charge >= 0.3 is 0 Å². The van der Waals surface area contributed by atoms with Crippen LogP contribution in [0.15, 0.2) is 58.3 Å². The van der Waals surface area contributed by atoms with Gasteiger partial charge in [0.25, 0.3) is 0 Å². The molecule has 0 bridgehead atoms. The van der Waals surface area contributed by atoms with Crippen LogP contribution in [0.3, 0.4) is 0 Å². The zero-order valence-electron chi connectivity index (χ0n) is 16.3. The van der Waals surface area contributed by atoms with Gasteiger partial charge < -0.3 is 5.32 Å². The maximum Gasteiger partial charge on any atom is 0.243 e. The minimum Gasteiger partial charge on any atom is -0.326 e.